The molecule has 1 aromatic rings. The monoisotopic (exact) mass is 212 g/mol. The van der Waals surface area contributed by atoms with Crippen LogP contribution in [0.3, 0.4) is 0 Å². The van der Waals surface area contributed by atoms with Crippen LogP contribution in [0.5, 0.6) is 5.75 Å². The summed E-state index contributed by atoms with van der Waals surface area (Å²) < 4.78 is 18.4. The predicted octanol–water partition coefficient (Wildman–Crippen LogP) is 2.53. The van der Waals surface area contributed by atoms with Gasteiger partial charge < -0.3 is 9.84 Å². The Morgan fingerprint density at radius 1 is 1.40 bits per heavy atom. The third-order valence-corrected chi connectivity index (χ3v) is 2.33. The molecule has 1 unspecified atom stereocenters. The van der Waals surface area contributed by atoms with Crippen LogP contribution in [0, 0.1) is 18.7 Å². The molecule has 0 radical (unpaired) electrons. The Labute approximate surface area is 89.7 Å². The molecule has 1 rings (SSSR count). The van der Waals surface area contributed by atoms with Crippen LogP contribution in [-0.2, 0) is 0 Å². The number of ether oxygens (including phenoxy) is 1. The Balaban J connectivity index is 2.55. The quantitative estimate of drug-likeness (QED) is 0.831. The second-order valence-electron chi connectivity index (χ2n) is 4.03. The second kappa shape index (κ2) is 5.12. The molecular weight excluding hydrogens is 195 g/mol. The van der Waals surface area contributed by atoms with Crippen LogP contribution in [-0.4, -0.2) is 17.8 Å². The maximum atomic E-state index is 13.1. The lowest BCUT2D eigenvalue weighted by molar-refractivity contribution is 0.0700. The van der Waals surface area contributed by atoms with E-state index in [0.29, 0.717) is 11.3 Å². The average Bonchev–Trinajstić information content (AvgIpc) is 2.19. The van der Waals surface area contributed by atoms with Gasteiger partial charge in [-0.1, -0.05) is 19.9 Å². The zero-order valence-electron chi connectivity index (χ0n) is 9.33. The SMILES string of the molecule is Cc1ccc(OCC(O)C(C)C)cc1F. The van der Waals surface area contributed by atoms with E-state index < -0.39 is 6.10 Å². The third kappa shape index (κ3) is 3.51. The molecule has 0 bridgehead atoms. The molecular formula is C12H17FO2. The van der Waals surface area contributed by atoms with Crippen molar-refractivity contribution < 1.29 is 14.2 Å². The highest BCUT2D eigenvalue weighted by Gasteiger charge is 2.10. The molecule has 1 aromatic carbocycles. The topological polar surface area (TPSA) is 29.5 Å². The number of aliphatic hydroxyl groups excluding tert-OH is 1. The zero-order chi connectivity index (χ0) is 11.4. The highest BCUT2D eigenvalue weighted by Crippen LogP contribution is 2.16. The molecule has 84 valence electrons. The van der Waals surface area contributed by atoms with Crippen molar-refractivity contribution in [2.45, 2.75) is 26.9 Å². The summed E-state index contributed by atoms with van der Waals surface area (Å²) in [6, 6.07) is 4.69. The highest BCUT2D eigenvalue weighted by molar-refractivity contribution is 5.27. The lowest BCUT2D eigenvalue weighted by atomic mass is 10.1. The number of aliphatic hydroxyl groups is 1. The van der Waals surface area contributed by atoms with E-state index in [1.165, 1.54) is 6.07 Å². The van der Waals surface area contributed by atoms with E-state index in [4.69, 9.17) is 4.74 Å². The first-order valence-corrected chi connectivity index (χ1v) is 5.07. The van der Waals surface area contributed by atoms with Crippen molar-refractivity contribution in [2.75, 3.05) is 6.61 Å². The predicted molar refractivity (Wildman–Crippen MR) is 57.5 cm³/mol. The summed E-state index contributed by atoms with van der Waals surface area (Å²) in [6.45, 7) is 5.70. The first kappa shape index (κ1) is 12.0. The number of rotatable bonds is 4. The molecule has 1 N–H and O–H groups in total. The van der Waals surface area contributed by atoms with E-state index >= 15 is 0 Å². The van der Waals surface area contributed by atoms with Gasteiger partial charge in [0.25, 0.3) is 0 Å². The van der Waals surface area contributed by atoms with Gasteiger partial charge in [-0.05, 0) is 24.5 Å². The minimum absolute atomic E-state index is 0.139. The fourth-order valence-corrected chi connectivity index (χ4v) is 1.04. The smallest absolute Gasteiger partial charge is 0.129 e. The van der Waals surface area contributed by atoms with Gasteiger partial charge in [0.2, 0.25) is 0 Å². The molecule has 0 amide bonds. The second-order valence-corrected chi connectivity index (χ2v) is 4.03. The minimum atomic E-state index is -0.519. The van der Waals surface area contributed by atoms with E-state index in [-0.39, 0.29) is 18.3 Å². The minimum Gasteiger partial charge on any atom is -0.491 e. The molecule has 0 heterocycles. The van der Waals surface area contributed by atoms with Gasteiger partial charge in [0, 0.05) is 6.07 Å². The van der Waals surface area contributed by atoms with Gasteiger partial charge in [-0.2, -0.15) is 0 Å². The van der Waals surface area contributed by atoms with Crippen molar-refractivity contribution >= 4 is 0 Å². The van der Waals surface area contributed by atoms with Gasteiger partial charge in [0.05, 0.1) is 6.10 Å². The summed E-state index contributed by atoms with van der Waals surface area (Å²) in [6.07, 6.45) is -0.519. The van der Waals surface area contributed by atoms with Crippen LogP contribution >= 0.6 is 0 Å². The van der Waals surface area contributed by atoms with E-state index in [0.717, 1.165) is 0 Å². The molecule has 1 atom stereocenters. The Morgan fingerprint density at radius 2 is 2.07 bits per heavy atom. The number of benzene rings is 1. The molecule has 0 aliphatic carbocycles. The summed E-state index contributed by atoms with van der Waals surface area (Å²) >= 11 is 0. The maximum Gasteiger partial charge on any atom is 0.129 e. The largest absolute Gasteiger partial charge is 0.491 e. The van der Waals surface area contributed by atoms with Crippen LogP contribution in [0.15, 0.2) is 18.2 Å². The van der Waals surface area contributed by atoms with Crippen molar-refractivity contribution in [1.29, 1.82) is 0 Å². The average molecular weight is 212 g/mol. The Hall–Kier alpha value is -1.09. The fourth-order valence-electron chi connectivity index (χ4n) is 1.04. The van der Waals surface area contributed by atoms with E-state index in [2.05, 4.69) is 0 Å². The van der Waals surface area contributed by atoms with Crippen LogP contribution in [0.4, 0.5) is 4.39 Å². The van der Waals surface area contributed by atoms with Crippen LogP contribution in [0.1, 0.15) is 19.4 Å². The van der Waals surface area contributed by atoms with Gasteiger partial charge in [-0.3, -0.25) is 0 Å². The Morgan fingerprint density at radius 3 is 2.60 bits per heavy atom. The Bertz CT molecular complexity index is 323. The van der Waals surface area contributed by atoms with Crippen molar-refractivity contribution in [1.82, 2.24) is 0 Å². The first-order valence-electron chi connectivity index (χ1n) is 5.07. The molecule has 3 heteroatoms. The molecule has 0 saturated carbocycles. The summed E-state index contributed by atoms with van der Waals surface area (Å²) in [5, 5.41) is 9.49. The van der Waals surface area contributed by atoms with Crippen molar-refractivity contribution in [3.05, 3.63) is 29.6 Å². The number of halogens is 1. The van der Waals surface area contributed by atoms with Gasteiger partial charge in [0.15, 0.2) is 0 Å². The van der Waals surface area contributed by atoms with Gasteiger partial charge in [-0.15, -0.1) is 0 Å². The van der Waals surface area contributed by atoms with Gasteiger partial charge >= 0.3 is 0 Å². The fraction of sp³-hybridized carbons (Fsp3) is 0.500. The number of hydrogen-bond acceptors (Lipinski definition) is 2. The summed E-state index contributed by atoms with van der Waals surface area (Å²) in [5.74, 6) is 0.310. The molecule has 0 aromatic heterocycles. The summed E-state index contributed by atoms with van der Waals surface area (Å²) in [7, 11) is 0. The van der Waals surface area contributed by atoms with Gasteiger partial charge in [0.1, 0.15) is 18.2 Å². The zero-order valence-corrected chi connectivity index (χ0v) is 9.33. The molecule has 0 fully saturated rings. The Kier molecular flexibility index (Phi) is 4.09. The maximum absolute atomic E-state index is 13.1. The standard InChI is InChI=1S/C12H17FO2/c1-8(2)12(14)7-15-10-5-4-9(3)11(13)6-10/h4-6,8,12,14H,7H2,1-3H3. The van der Waals surface area contributed by atoms with E-state index in [9.17, 15) is 9.50 Å². The number of hydrogen-bond donors (Lipinski definition) is 1. The number of aryl methyl sites for hydroxylation is 1. The lowest BCUT2D eigenvalue weighted by Crippen LogP contribution is -2.23. The summed E-state index contributed by atoms with van der Waals surface area (Å²) in [4.78, 5) is 0. The molecule has 0 aliphatic rings. The normalized spacial score (nSPS) is 12.9. The van der Waals surface area contributed by atoms with Crippen molar-refractivity contribution in [3.63, 3.8) is 0 Å². The van der Waals surface area contributed by atoms with Crippen LogP contribution in [0.25, 0.3) is 0 Å². The third-order valence-electron chi connectivity index (χ3n) is 2.33. The van der Waals surface area contributed by atoms with Crippen molar-refractivity contribution in [2.24, 2.45) is 5.92 Å². The van der Waals surface area contributed by atoms with Crippen molar-refractivity contribution in [3.8, 4) is 5.75 Å². The van der Waals surface area contributed by atoms with E-state index in [1.54, 1.807) is 19.1 Å². The van der Waals surface area contributed by atoms with Crippen LogP contribution < -0.4 is 4.74 Å². The van der Waals surface area contributed by atoms with E-state index in [1.807, 2.05) is 13.8 Å². The molecule has 2 nitrogen and oxygen atoms in total. The highest BCUT2D eigenvalue weighted by atomic mass is 19.1. The molecule has 0 spiro atoms. The lowest BCUT2D eigenvalue weighted by Gasteiger charge is -2.15. The molecule has 15 heavy (non-hydrogen) atoms. The first-order chi connectivity index (χ1) is 7.00. The van der Waals surface area contributed by atoms with Crippen LogP contribution in [0.2, 0.25) is 0 Å². The molecule has 0 saturated heterocycles. The van der Waals surface area contributed by atoms with Gasteiger partial charge in [-0.25, -0.2) is 4.39 Å². The summed E-state index contributed by atoms with van der Waals surface area (Å²) in [5.41, 5.74) is 0.590. The molecule has 0 aliphatic heterocycles.